The van der Waals surface area contributed by atoms with Crippen LogP contribution in [-0.4, -0.2) is 36.8 Å². The van der Waals surface area contributed by atoms with E-state index in [1.54, 1.807) is 53.4 Å². The minimum atomic E-state index is -3.18. The van der Waals surface area contributed by atoms with Gasteiger partial charge in [-0.15, -0.1) is 0 Å². The van der Waals surface area contributed by atoms with Gasteiger partial charge in [0.25, 0.3) is 5.91 Å². The number of hydrogen-bond acceptors (Lipinski definition) is 4. The van der Waals surface area contributed by atoms with Gasteiger partial charge >= 0.3 is 0 Å². The molecule has 1 aromatic heterocycles. The molecule has 1 saturated heterocycles. The molecular weight excluding hydrogens is 429 g/mol. The molecule has 1 fully saturated rings. The molecule has 0 bridgehead atoms. The molecule has 0 aliphatic carbocycles. The molecule has 1 unspecified atom stereocenters. The van der Waals surface area contributed by atoms with Gasteiger partial charge in [0.1, 0.15) is 17.3 Å². The maximum Gasteiger partial charge on any atom is 0.254 e. The van der Waals surface area contributed by atoms with Gasteiger partial charge in [0, 0.05) is 22.2 Å². The molecule has 3 aromatic rings. The van der Waals surface area contributed by atoms with Crippen LogP contribution in [0.2, 0.25) is 5.02 Å². The summed E-state index contributed by atoms with van der Waals surface area (Å²) in [6.07, 6.45) is 0.382. The molecule has 5 nitrogen and oxygen atoms in total. The Bertz CT molecular complexity index is 1160. The third-order valence-electron chi connectivity index (χ3n) is 5.12. The molecule has 0 radical (unpaired) electrons. The molecule has 1 aliphatic rings. The summed E-state index contributed by atoms with van der Waals surface area (Å²) < 4.78 is 43.0. The van der Waals surface area contributed by atoms with Gasteiger partial charge in [0.15, 0.2) is 9.84 Å². The Labute approximate surface area is 179 Å². The summed E-state index contributed by atoms with van der Waals surface area (Å²) in [6.45, 7) is 0.128. The van der Waals surface area contributed by atoms with Gasteiger partial charge in [-0.1, -0.05) is 11.6 Å². The lowest BCUT2D eigenvalue weighted by molar-refractivity contribution is 0.0666. The Morgan fingerprint density at radius 1 is 1.07 bits per heavy atom. The van der Waals surface area contributed by atoms with Crippen molar-refractivity contribution in [2.75, 3.05) is 11.5 Å². The van der Waals surface area contributed by atoms with E-state index in [0.717, 1.165) is 0 Å². The van der Waals surface area contributed by atoms with Crippen molar-refractivity contribution in [1.29, 1.82) is 0 Å². The topological polar surface area (TPSA) is 67.6 Å². The Hall–Kier alpha value is -2.64. The van der Waals surface area contributed by atoms with E-state index in [9.17, 15) is 17.6 Å². The lowest BCUT2D eigenvalue weighted by Gasteiger charge is -2.27. The summed E-state index contributed by atoms with van der Waals surface area (Å²) in [5.41, 5.74) is 1.13. The Morgan fingerprint density at radius 3 is 2.40 bits per heavy atom. The standard InChI is InChI=1S/C22H19ClFNO4S/c23-17-5-1-16(2-6-17)22(26)25(19-11-12-30(27,28)14-19)13-20-9-10-21(29-20)15-3-7-18(24)8-4-15/h1-10,19H,11-14H2. The van der Waals surface area contributed by atoms with Crippen molar-refractivity contribution in [3.05, 3.63) is 82.8 Å². The van der Waals surface area contributed by atoms with Crippen LogP contribution in [0.15, 0.2) is 65.1 Å². The number of rotatable bonds is 5. The quantitative estimate of drug-likeness (QED) is 0.574. The van der Waals surface area contributed by atoms with E-state index < -0.39 is 15.9 Å². The first-order valence-corrected chi connectivity index (χ1v) is 11.6. The SMILES string of the molecule is O=C(c1ccc(Cl)cc1)N(Cc1ccc(-c2ccc(F)cc2)o1)C1CCS(=O)(=O)C1. The second kappa shape index (κ2) is 8.24. The molecule has 0 spiro atoms. The average molecular weight is 448 g/mol. The predicted octanol–water partition coefficient (Wildman–Crippen LogP) is 4.57. The van der Waals surface area contributed by atoms with E-state index >= 15 is 0 Å². The third kappa shape index (κ3) is 4.57. The minimum absolute atomic E-state index is 0.0566. The highest BCUT2D eigenvalue weighted by molar-refractivity contribution is 7.91. The van der Waals surface area contributed by atoms with Crippen LogP contribution in [0.5, 0.6) is 0 Å². The zero-order chi connectivity index (χ0) is 21.3. The van der Waals surface area contributed by atoms with Crippen molar-refractivity contribution in [1.82, 2.24) is 4.90 Å². The highest BCUT2D eigenvalue weighted by atomic mass is 35.5. The minimum Gasteiger partial charge on any atom is -0.459 e. The van der Waals surface area contributed by atoms with E-state index in [4.69, 9.17) is 16.0 Å². The van der Waals surface area contributed by atoms with Gasteiger partial charge in [-0.3, -0.25) is 4.79 Å². The summed E-state index contributed by atoms with van der Waals surface area (Å²) in [6, 6.07) is 15.4. The molecule has 8 heteroatoms. The number of nitrogens with zero attached hydrogens (tertiary/aromatic N) is 1. The molecule has 30 heavy (non-hydrogen) atoms. The molecule has 2 aromatic carbocycles. The van der Waals surface area contributed by atoms with Crippen molar-refractivity contribution in [2.45, 2.75) is 19.0 Å². The predicted molar refractivity (Wildman–Crippen MR) is 112 cm³/mol. The summed E-state index contributed by atoms with van der Waals surface area (Å²) in [4.78, 5) is 14.7. The van der Waals surface area contributed by atoms with E-state index in [-0.39, 0.29) is 29.8 Å². The summed E-state index contributed by atoms with van der Waals surface area (Å²) in [7, 11) is -3.18. The second-order valence-corrected chi connectivity index (χ2v) is 9.93. The molecule has 156 valence electrons. The molecule has 1 amide bonds. The normalized spacial score (nSPS) is 17.7. The van der Waals surface area contributed by atoms with Crippen LogP contribution in [0.25, 0.3) is 11.3 Å². The number of benzene rings is 2. The van der Waals surface area contributed by atoms with Gasteiger partial charge < -0.3 is 9.32 Å². The van der Waals surface area contributed by atoms with Crippen LogP contribution in [0.4, 0.5) is 4.39 Å². The number of carbonyl (C=O) groups is 1. The lowest BCUT2D eigenvalue weighted by atomic mass is 10.1. The smallest absolute Gasteiger partial charge is 0.254 e. The fourth-order valence-electron chi connectivity index (χ4n) is 3.55. The first-order valence-electron chi connectivity index (χ1n) is 9.42. The zero-order valence-electron chi connectivity index (χ0n) is 15.9. The largest absolute Gasteiger partial charge is 0.459 e. The number of hydrogen-bond donors (Lipinski definition) is 0. The Morgan fingerprint density at radius 2 is 1.77 bits per heavy atom. The zero-order valence-corrected chi connectivity index (χ0v) is 17.5. The first kappa shape index (κ1) is 20.6. The molecule has 0 N–H and O–H groups in total. The summed E-state index contributed by atoms with van der Waals surface area (Å²) in [5.74, 6) is 0.420. The highest BCUT2D eigenvalue weighted by Crippen LogP contribution is 2.27. The van der Waals surface area contributed by atoms with Crippen LogP contribution in [0, 0.1) is 5.82 Å². The Kier molecular flexibility index (Phi) is 5.66. The molecule has 4 rings (SSSR count). The maximum absolute atomic E-state index is 13.2. The highest BCUT2D eigenvalue weighted by Gasteiger charge is 2.35. The molecule has 2 heterocycles. The number of furan rings is 1. The molecular formula is C22H19ClFNO4S. The van der Waals surface area contributed by atoms with E-state index in [0.29, 0.717) is 34.1 Å². The number of sulfone groups is 1. The van der Waals surface area contributed by atoms with Crippen molar-refractivity contribution in [3.63, 3.8) is 0 Å². The van der Waals surface area contributed by atoms with E-state index in [1.165, 1.54) is 12.1 Å². The first-order chi connectivity index (χ1) is 14.3. The van der Waals surface area contributed by atoms with Gasteiger partial charge in [0.2, 0.25) is 0 Å². The van der Waals surface area contributed by atoms with Crippen LogP contribution in [-0.2, 0) is 16.4 Å². The van der Waals surface area contributed by atoms with Crippen LogP contribution >= 0.6 is 11.6 Å². The van der Waals surface area contributed by atoms with Gasteiger partial charge in [-0.2, -0.15) is 0 Å². The van der Waals surface area contributed by atoms with Crippen LogP contribution < -0.4 is 0 Å². The fraction of sp³-hybridized carbons (Fsp3) is 0.227. The van der Waals surface area contributed by atoms with Crippen molar-refractivity contribution >= 4 is 27.3 Å². The number of halogens is 2. The molecule has 1 atom stereocenters. The lowest BCUT2D eigenvalue weighted by Crippen LogP contribution is -2.40. The third-order valence-corrected chi connectivity index (χ3v) is 7.12. The van der Waals surface area contributed by atoms with Gasteiger partial charge in [-0.25, -0.2) is 12.8 Å². The van der Waals surface area contributed by atoms with Crippen molar-refractivity contribution in [3.8, 4) is 11.3 Å². The number of amides is 1. The van der Waals surface area contributed by atoms with Gasteiger partial charge in [-0.05, 0) is 67.1 Å². The van der Waals surface area contributed by atoms with Crippen LogP contribution in [0.3, 0.4) is 0 Å². The maximum atomic E-state index is 13.2. The van der Waals surface area contributed by atoms with E-state index in [1.807, 2.05) is 0 Å². The molecule has 0 saturated carbocycles. The van der Waals surface area contributed by atoms with Crippen molar-refractivity contribution < 1.29 is 22.0 Å². The molecule has 1 aliphatic heterocycles. The second-order valence-electron chi connectivity index (χ2n) is 7.27. The summed E-state index contributed by atoms with van der Waals surface area (Å²) in [5, 5.41) is 0.511. The summed E-state index contributed by atoms with van der Waals surface area (Å²) >= 11 is 5.92. The number of carbonyl (C=O) groups excluding carboxylic acids is 1. The van der Waals surface area contributed by atoms with Gasteiger partial charge in [0.05, 0.1) is 18.1 Å². The van der Waals surface area contributed by atoms with Crippen molar-refractivity contribution in [2.24, 2.45) is 0 Å². The Balaban J connectivity index is 1.61. The van der Waals surface area contributed by atoms with E-state index in [2.05, 4.69) is 0 Å². The monoisotopic (exact) mass is 447 g/mol. The average Bonchev–Trinajstić information content (AvgIpc) is 3.33. The van der Waals surface area contributed by atoms with Crippen LogP contribution in [0.1, 0.15) is 22.5 Å². The fourth-order valence-corrected chi connectivity index (χ4v) is 5.40.